The highest BCUT2D eigenvalue weighted by Gasteiger charge is 2.25. The number of H-pyrrole nitrogens is 1. The van der Waals surface area contributed by atoms with Gasteiger partial charge in [-0.1, -0.05) is 6.92 Å². The van der Waals surface area contributed by atoms with E-state index in [-0.39, 0.29) is 5.91 Å². The zero-order valence-corrected chi connectivity index (χ0v) is 11.5. The summed E-state index contributed by atoms with van der Waals surface area (Å²) in [4.78, 5) is 12.3. The third-order valence-electron chi connectivity index (χ3n) is 3.16. The minimum atomic E-state index is -1.09. The molecular formula is C13H16FN5O. The smallest absolute Gasteiger partial charge is 0.259 e. The van der Waals surface area contributed by atoms with Gasteiger partial charge in [-0.25, -0.2) is 4.39 Å². The molecule has 2 unspecified atom stereocenters. The van der Waals surface area contributed by atoms with Crippen molar-refractivity contribution in [1.29, 1.82) is 0 Å². The fraction of sp³-hybridized carbons (Fsp3) is 0.385. The number of nitrogens with one attached hydrogen (secondary N) is 2. The second kappa shape index (κ2) is 5.77. The van der Waals surface area contributed by atoms with E-state index in [1.807, 2.05) is 0 Å². The molecular weight excluding hydrogens is 261 g/mol. The molecule has 2 N–H and O–H groups in total. The molecule has 1 amide bonds. The molecule has 0 aliphatic rings. The van der Waals surface area contributed by atoms with Gasteiger partial charge in [-0.05, 0) is 19.9 Å². The monoisotopic (exact) mass is 277 g/mol. The van der Waals surface area contributed by atoms with Crippen LogP contribution in [0, 0.1) is 6.92 Å². The summed E-state index contributed by atoms with van der Waals surface area (Å²) >= 11 is 0. The van der Waals surface area contributed by atoms with E-state index in [2.05, 4.69) is 25.7 Å². The number of hydrogen-bond donors (Lipinski definition) is 2. The number of carbonyl (C=O) groups is 1. The highest BCUT2D eigenvalue weighted by atomic mass is 19.1. The number of carbonyl (C=O) groups excluding carboxylic acids is 1. The van der Waals surface area contributed by atoms with Gasteiger partial charge < -0.3 is 5.32 Å². The van der Waals surface area contributed by atoms with Gasteiger partial charge >= 0.3 is 0 Å². The van der Waals surface area contributed by atoms with Crippen LogP contribution in [0.15, 0.2) is 18.5 Å². The number of aryl methyl sites for hydroxylation is 1. The van der Waals surface area contributed by atoms with Gasteiger partial charge in [0.15, 0.2) is 0 Å². The van der Waals surface area contributed by atoms with E-state index < -0.39 is 12.1 Å². The zero-order chi connectivity index (χ0) is 14.7. The Labute approximate surface area is 115 Å². The molecule has 0 radical (unpaired) electrons. The van der Waals surface area contributed by atoms with Crippen LogP contribution in [-0.4, -0.2) is 32.5 Å². The molecule has 2 aromatic rings. The molecule has 20 heavy (non-hydrogen) atoms. The van der Waals surface area contributed by atoms with Gasteiger partial charge in [-0.2, -0.15) is 15.3 Å². The highest BCUT2D eigenvalue weighted by molar-refractivity contribution is 6.05. The molecule has 7 heteroatoms. The Hall–Kier alpha value is -2.31. The van der Waals surface area contributed by atoms with Crippen LogP contribution in [0.1, 0.15) is 41.5 Å². The van der Waals surface area contributed by atoms with Gasteiger partial charge in [0.1, 0.15) is 6.17 Å². The summed E-state index contributed by atoms with van der Waals surface area (Å²) in [6.07, 6.45) is 1.82. The van der Waals surface area contributed by atoms with Crippen molar-refractivity contribution in [3.63, 3.8) is 0 Å². The van der Waals surface area contributed by atoms with E-state index in [0.29, 0.717) is 22.6 Å². The SMILES string of the molecule is Cc1[nH]nc(C(C)C(C)F)c1C(=O)Nc1ccnnc1. The van der Waals surface area contributed by atoms with Crippen molar-refractivity contribution in [3.05, 3.63) is 35.4 Å². The fourth-order valence-electron chi connectivity index (χ4n) is 1.84. The predicted octanol–water partition coefficient (Wildman–Crippen LogP) is 2.22. The topological polar surface area (TPSA) is 83.6 Å². The van der Waals surface area contributed by atoms with Crippen LogP contribution in [0.4, 0.5) is 10.1 Å². The summed E-state index contributed by atoms with van der Waals surface area (Å²) in [6, 6.07) is 1.63. The van der Waals surface area contributed by atoms with Crippen LogP contribution in [0.5, 0.6) is 0 Å². The lowest BCUT2D eigenvalue weighted by molar-refractivity contribution is 0.102. The molecule has 0 bridgehead atoms. The van der Waals surface area contributed by atoms with E-state index in [1.54, 1.807) is 19.9 Å². The number of hydrogen-bond acceptors (Lipinski definition) is 4. The Morgan fingerprint density at radius 3 is 2.75 bits per heavy atom. The maximum atomic E-state index is 13.5. The van der Waals surface area contributed by atoms with Crippen molar-refractivity contribution < 1.29 is 9.18 Å². The second-order valence-corrected chi connectivity index (χ2v) is 4.66. The molecule has 0 saturated carbocycles. The van der Waals surface area contributed by atoms with E-state index in [9.17, 15) is 9.18 Å². The highest BCUT2D eigenvalue weighted by Crippen LogP contribution is 2.25. The Bertz CT molecular complexity index is 596. The number of aromatic nitrogens is 4. The molecule has 2 heterocycles. The molecule has 2 atom stereocenters. The largest absolute Gasteiger partial charge is 0.320 e. The summed E-state index contributed by atoms with van der Waals surface area (Å²) in [7, 11) is 0. The number of anilines is 1. The lowest BCUT2D eigenvalue weighted by Crippen LogP contribution is -2.18. The normalized spacial score (nSPS) is 13.8. The number of halogens is 1. The second-order valence-electron chi connectivity index (χ2n) is 4.66. The Morgan fingerprint density at radius 1 is 1.40 bits per heavy atom. The van der Waals surface area contributed by atoms with Crippen molar-refractivity contribution in [3.8, 4) is 0 Å². The molecule has 0 saturated heterocycles. The Balaban J connectivity index is 2.28. The van der Waals surface area contributed by atoms with Crippen molar-refractivity contribution in [2.45, 2.75) is 32.9 Å². The zero-order valence-electron chi connectivity index (χ0n) is 11.5. The van der Waals surface area contributed by atoms with Crippen LogP contribution >= 0.6 is 0 Å². The molecule has 6 nitrogen and oxygen atoms in total. The van der Waals surface area contributed by atoms with Crippen molar-refractivity contribution in [1.82, 2.24) is 20.4 Å². The maximum absolute atomic E-state index is 13.5. The van der Waals surface area contributed by atoms with Gasteiger partial charge in [-0.15, -0.1) is 0 Å². The average molecular weight is 277 g/mol. The predicted molar refractivity (Wildman–Crippen MR) is 72.3 cm³/mol. The van der Waals surface area contributed by atoms with E-state index >= 15 is 0 Å². The Morgan fingerprint density at radius 2 is 2.15 bits per heavy atom. The number of nitrogens with zero attached hydrogens (tertiary/aromatic N) is 3. The first-order chi connectivity index (χ1) is 9.50. The summed E-state index contributed by atoms with van der Waals surface area (Å²) in [5.74, 6) is -0.803. The Kier molecular flexibility index (Phi) is 4.07. The molecule has 0 aliphatic heterocycles. The van der Waals surface area contributed by atoms with Gasteiger partial charge in [0.05, 0.1) is 29.3 Å². The van der Waals surface area contributed by atoms with Crippen LogP contribution in [0.2, 0.25) is 0 Å². The molecule has 2 rings (SSSR count). The first-order valence-electron chi connectivity index (χ1n) is 6.27. The minimum Gasteiger partial charge on any atom is -0.320 e. The van der Waals surface area contributed by atoms with Gasteiger partial charge in [-0.3, -0.25) is 9.89 Å². The van der Waals surface area contributed by atoms with Crippen LogP contribution < -0.4 is 5.32 Å². The van der Waals surface area contributed by atoms with Gasteiger partial charge in [0.25, 0.3) is 5.91 Å². The van der Waals surface area contributed by atoms with Crippen LogP contribution in [0.25, 0.3) is 0 Å². The summed E-state index contributed by atoms with van der Waals surface area (Å²) in [6.45, 7) is 4.88. The van der Waals surface area contributed by atoms with Gasteiger partial charge in [0, 0.05) is 11.6 Å². The third-order valence-corrected chi connectivity index (χ3v) is 3.16. The standard InChI is InChI=1S/C13H16FN5O/c1-7(8(2)14)12-11(9(3)18-19-12)13(20)17-10-4-5-15-16-6-10/h4-8H,1-3H3,(H,18,19)(H,15,17,20). The minimum absolute atomic E-state index is 0.341. The van der Waals surface area contributed by atoms with Crippen LogP contribution in [0.3, 0.4) is 0 Å². The number of rotatable bonds is 4. The van der Waals surface area contributed by atoms with Crippen molar-refractivity contribution in [2.75, 3.05) is 5.32 Å². The average Bonchev–Trinajstić information content (AvgIpc) is 2.80. The first-order valence-corrected chi connectivity index (χ1v) is 6.27. The summed E-state index contributed by atoms with van der Waals surface area (Å²) in [5.41, 5.74) is 1.93. The van der Waals surface area contributed by atoms with Crippen LogP contribution in [-0.2, 0) is 0 Å². The lowest BCUT2D eigenvalue weighted by Gasteiger charge is -2.12. The molecule has 2 aromatic heterocycles. The quantitative estimate of drug-likeness (QED) is 0.897. The van der Waals surface area contributed by atoms with Gasteiger partial charge in [0.2, 0.25) is 0 Å². The van der Waals surface area contributed by atoms with E-state index in [0.717, 1.165) is 0 Å². The van der Waals surface area contributed by atoms with E-state index in [1.165, 1.54) is 19.3 Å². The molecule has 0 fully saturated rings. The van der Waals surface area contributed by atoms with E-state index in [4.69, 9.17) is 0 Å². The number of aromatic amines is 1. The summed E-state index contributed by atoms with van der Waals surface area (Å²) < 4.78 is 13.5. The third kappa shape index (κ3) is 2.81. The molecule has 106 valence electrons. The number of alkyl halides is 1. The molecule has 0 spiro atoms. The lowest BCUT2D eigenvalue weighted by atomic mass is 9.98. The van der Waals surface area contributed by atoms with Crippen molar-refractivity contribution >= 4 is 11.6 Å². The first kappa shape index (κ1) is 14.1. The maximum Gasteiger partial charge on any atom is 0.259 e. The summed E-state index contributed by atoms with van der Waals surface area (Å²) in [5, 5.41) is 16.8. The molecule has 0 aliphatic carbocycles. The fourth-order valence-corrected chi connectivity index (χ4v) is 1.84. The number of amides is 1. The van der Waals surface area contributed by atoms with Crippen molar-refractivity contribution in [2.24, 2.45) is 0 Å². The molecule has 0 aromatic carbocycles.